The Morgan fingerprint density at radius 1 is 1.18 bits per heavy atom. The summed E-state index contributed by atoms with van der Waals surface area (Å²) in [7, 11) is 0. The molecule has 0 unspecified atom stereocenters. The van der Waals surface area contributed by atoms with Gasteiger partial charge in [-0.25, -0.2) is 9.97 Å². The van der Waals surface area contributed by atoms with E-state index in [1.807, 2.05) is 29.2 Å². The number of benzene rings is 1. The maximum Gasteiger partial charge on any atom is 0.231 e. The number of aromatic nitrogens is 2. The molecule has 4 rings (SSSR count). The fraction of sp³-hybridized carbons (Fsp3) is 0.522. The number of nitrogens with one attached hydrogen (secondary N) is 1. The van der Waals surface area contributed by atoms with Crippen molar-refractivity contribution in [1.82, 2.24) is 20.2 Å². The molecule has 1 aliphatic heterocycles. The van der Waals surface area contributed by atoms with E-state index in [4.69, 9.17) is 16.7 Å². The van der Waals surface area contributed by atoms with Gasteiger partial charge in [-0.15, -0.1) is 24.8 Å². The van der Waals surface area contributed by atoms with Crippen LogP contribution in [0.4, 0.5) is 5.82 Å². The molecule has 2 aromatic rings. The first-order chi connectivity index (χ1) is 15.1. The first-order valence-electron chi connectivity index (χ1n) is 11.0. The second-order valence-corrected chi connectivity index (χ2v) is 8.78. The predicted octanol–water partition coefficient (Wildman–Crippen LogP) is 3.04. The number of carbonyl (C=O) groups is 1. The lowest BCUT2D eigenvalue weighted by molar-refractivity contribution is -0.133. The van der Waals surface area contributed by atoms with Gasteiger partial charge in [0.2, 0.25) is 5.91 Å². The number of aliphatic hydroxyl groups excluding tert-OH is 1. The van der Waals surface area contributed by atoms with E-state index in [1.54, 1.807) is 6.33 Å². The summed E-state index contributed by atoms with van der Waals surface area (Å²) < 4.78 is 0. The molecule has 1 fully saturated rings. The summed E-state index contributed by atoms with van der Waals surface area (Å²) in [4.78, 5) is 26.7. The summed E-state index contributed by atoms with van der Waals surface area (Å²) in [5.74, 6) is 1.33. The van der Waals surface area contributed by atoms with Crippen LogP contribution >= 0.6 is 36.4 Å². The van der Waals surface area contributed by atoms with Gasteiger partial charge >= 0.3 is 0 Å². The summed E-state index contributed by atoms with van der Waals surface area (Å²) in [5.41, 5.74) is 3.40. The Morgan fingerprint density at radius 3 is 2.55 bits per heavy atom. The third kappa shape index (κ3) is 6.28. The SMILES string of the molecule is C[C@@H]1CCc2ncnc(N3CCN(C(=O)[C@H](CNCCO)c4ccc(Cl)cc4)CC3)c21.Cl.Cl. The minimum atomic E-state index is -0.307. The van der Waals surface area contributed by atoms with Crippen molar-refractivity contribution < 1.29 is 9.90 Å². The molecule has 0 bridgehead atoms. The van der Waals surface area contributed by atoms with Crippen LogP contribution < -0.4 is 10.2 Å². The molecule has 182 valence electrons. The zero-order chi connectivity index (χ0) is 21.8. The lowest BCUT2D eigenvalue weighted by Crippen LogP contribution is -2.51. The molecule has 33 heavy (non-hydrogen) atoms. The first-order valence-corrected chi connectivity index (χ1v) is 11.4. The van der Waals surface area contributed by atoms with E-state index in [1.165, 1.54) is 11.3 Å². The lowest BCUT2D eigenvalue weighted by Gasteiger charge is -2.38. The first kappa shape index (κ1) is 27.6. The quantitative estimate of drug-likeness (QED) is 0.551. The summed E-state index contributed by atoms with van der Waals surface area (Å²) in [6.07, 6.45) is 3.82. The fourth-order valence-corrected chi connectivity index (χ4v) is 4.73. The van der Waals surface area contributed by atoms with E-state index < -0.39 is 0 Å². The average Bonchev–Trinajstić information content (AvgIpc) is 3.18. The van der Waals surface area contributed by atoms with Gasteiger partial charge in [-0.2, -0.15) is 0 Å². The Hall–Kier alpha value is -1.64. The van der Waals surface area contributed by atoms with Crippen molar-refractivity contribution in [3.8, 4) is 0 Å². The zero-order valence-electron chi connectivity index (χ0n) is 18.7. The number of halogens is 3. The summed E-state index contributed by atoms with van der Waals surface area (Å²) in [6, 6.07) is 7.46. The Balaban J connectivity index is 0.00000193. The van der Waals surface area contributed by atoms with Gasteiger partial charge in [0.05, 0.1) is 12.5 Å². The van der Waals surface area contributed by atoms with Crippen molar-refractivity contribution in [1.29, 1.82) is 0 Å². The molecular weight excluding hydrogens is 485 g/mol. The topological polar surface area (TPSA) is 81.6 Å². The van der Waals surface area contributed by atoms with Crippen LogP contribution in [-0.4, -0.2) is 71.8 Å². The number of amides is 1. The average molecular weight is 517 g/mol. The van der Waals surface area contributed by atoms with Crippen LogP contribution in [0.1, 0.15) is 42.0 Å². The van der Waals surface area contributed by atoms with E-state index in [0.717, 1.165) is 37.3 Å². The third-order valence-electron chi connectivity index (χ3n) is 6.35. The molecular formula is C23H32Cl3N5O2. The predicted molar refractivity (Wildman–Crippen MR) is 136 cm³/mol. The van der Waals surface area contributed by atoms with Crippen LogP contribution in [0.2, 0.25) is 5.02 Å². The molecule has 7 nitrogen and oxygen atoms in total. The minimum Gasteiger partial charge on any atom is -0.395 e. The molecule has 1 amide bonds. The van der Waals surface area contributed by atoms with E-state index in [0.29, 0.717) is 37.1 Å². The molecule has 2 atom stereocenters. The Morgan fingerprint density at radius 2 is 1.88 bits per heavy atom. The smallest absolute Gasteiger partial charge is 0.231 e. The van der Waals surface area contributed by atoms with Gasteiger partial charge in [0.25, 0.3) is 0 Å². The number of hydrogen-bond acceptors (Lipinski definition) is 6. The van der Waals surface area contributed by atoms with Crippen LogP contribution in [0.25, 0.3) is 0 Å². The van der Waals surface area contributed by atoms with Crippen molar-refractivity contribution in [2.24, 2.45) is 0 Å². The fourth-order valence-electron chi connectivity index (χ4n) is 4.60. The Kier molecular flexibility index (Phi) is 10.6. The van der Waals surface area contributed by atoms with Gasteiger partial charge in [-0.3, -0.25) is 4.79 Å². The third-order valence-corrected chi connectivity index (χ3v) is 6.60. The van der Waals surface area contributed by atoms with Crippen LogP contribution in [0, 0.1) is 0 Å². The van der Waals surface area contributed by atoms with E-state index >= 15 is 0 Å². The Labute approximate surface area is 212 Å². The summed E-state index contributed by atoms with van der Waals surface area (Å²) >= 11 is 6.04. The minimum absolute atomic E-state index is 0. The zero-order valence-corrected chi connectivity index (χ0v) is 21.1. The largest absolute Gasteiger partial charge is 0.395 e. The summed E-state index contributed by atoms with van der Waals surface area (Å²) in [5, 5.41) is 12.9. The molecule has 10 heteroatoms. The van der Waals surface area contributed by atoms with Crippen molar-refractivity contribution in [2.75, 3.05) is 50.8 Å². The van der Waals surface area contributed by atoms with Gasteiger partial charge in [0.15, 0.2) is 0 Å². The molecule has 0 radical (unpaired) electrons. The summed E-state index contributed by atoms with van der Waals surface area (Å²) in [6.45, 7) is 6.08. The van der Waals surface area contributed by atoms with Crippen molar-refractivity contribution in [2.45, 2.75) is 31.6 Å². The number of fused-ring (bicyclic) bond motifs is 1. The second-order valence-electron chi connectivity index (χ2n) is 8.34. The van der Waals surface area contributed by atoms with Crippen LogP contribution in [0.15, 0.2) is 30.6 Å². The number of carbonyl (C=O) groups excluding carboxylic acids is 1. The highest BCUT2D eigenvalue weighted by Crippen LogP contribution is 2.37. The highest BCUT2D eigenvalue weighted by molar-refractivity contribution is 6.30. The van der Waals surface area contributed by atoms with Crippen LogP contribution in [0.5, 0.6) is 0 Å². The standard InChI is InChI=1S/C23H30ClN5O2.2ClH/c1-16-2-7-20-21(16)22(27-15-26-20)28-9-11-29(12-10-28)23(31)19(14-25-8-13-30)17-3-5-18(24)6-4-17;;/h3-6,15-16,19,25,30H,2,7-14H2,1H3;2*1H/t16-,19-;;/m1../s1. The number of aryl methyl sites for hydroxylation is 1. The van der Waals surface area contributed by atoms with Crippen molar-refractivity contribution in [3.05, 3.63) is 52.4 Å². The molecule has 1 aromatic heterocycles. The van der Waals surface area contributed by atoms with Gasteiger partial charge in [0, 0.05) is 55.5 Å². The van der Waals surface area contributed by atoms with E-state index in [9.17, 15) is 4.79 Å². The van der Waals surface area contributed by atoms with Gasteiger partial charge < -0.3 is 20.2 Å². The van der Waals surface area contributed by atoms with E-state index in [-0.39, 0.29) is 43.2 Å². The number of anilines is 1. The van der Waals surface area contributed by atoms with Gasteiger partial charge in [-0.05, 0) is 36.5 Å². The van der Waals surface area contributed by atoms with Crippen molar-refractivity contribution >= 4 is 48.1 Å². The number of hydrogen-bond donors (Lipinski definition) is 2. The van der Waals surface area contributed by atoms with E-state index in [2.05, 4.69) is 27.1 Å². The van der Waals surface area contributed by atoms with Crippen LogP contribution in [0.3, 0.4) is 0 Å². The highest BCUT2D eigenvalue weighted by atomic mass is 35.5. The molecule has 2 heterocycles. The molecule has 1 saturated heterocycles. The number of nitrogens with zero attached hydrogens (tertiary/aromatic N) is 4. The molecule has 0 spiro atoms. The molecule has 2 N–H and O–H groups in total. The number of aliphatic hydroxyl groups is 1. The number of rotatable bonds is 7. The van der Waals surface area contributed by atoms with Crippen LogP contribution in [-0.2, 0) is 11.2 Å². The molecule has 2 aliphatic rings. The maximum atomic E-state index is 13.4. The molecule has 1 aromatic carbocycles. The van der Waals surface area contributed by atoms with Gasteiger partial charge in [0.1, 0.15) is 12.1 Å². The molecule has 1 aliphatic carbocycles. The Bertz CT molecular complexity index is 907. The highest BCUT2D eigenvalue weighted by Gasteiger charge is 2.31. The maximum absolute atomic E-state index is 13.4. The number of piperazine rings is 1. The molecule has 0 saturated carbocycles. The lowest BCUT2D eigenvalue weighted by atomic mass is 9.97. The monoisotopic (exact) mass is 515 g/mol. The second kappa shape index (κ2) is 12.7. The van der Waals surface area contributed by atoms with Gasteiger partial charge in [-0.1, -0.05) is 30.7 Å². The normalized spacial score (nSPS) is 18.2. The van der Waals surface area contributed by atoms with Crippen molar-refractivity contribution in [3.63, 3.8) is 0 Å².